The molecule has 2 N–H and O–H groups in total. The van der Waals surface area contributed by atoms with Gasteiger partial charge in [0.1, 0.15) is 5.38 Å². The molecule has 0 aromatic carbocycles. The Morgan fingerprint density at radius 2 is 2.17 bits per heavy atom. The highest BCUT2D eigenvalue weighted by Gasteiger charge is 2.21. The van der Waals surface area contributed by atoms with Crippen molar-refractivity contribution in [1.82, 2.24) is 5.32 Å². The monoisotopic (exact) mass is 193 g/mol. The van der Waals surface area contributed by atoms with Gasteiger partial charge in [-0.3, -0.25) is 4.79 Å². The molecular weight excluding hydrogens is 178 g/mol. The number of nitrogens with one attached hydrogen (secondary N) is 1. The number of halogens is 1. The van der Waals surface area contributed by atoms with Crippen LogP contribution in [0.5, 0.6) is 0 Å². The van der Waals surface area contributed by atoms with E-state index < -0.39 is 5.38 Å². The lowest BCUT2D eigenvalue weighted by molar-refractivity contribution is -0.122. The van der Waals surface area contributed by atoms with Crippen LogP contribution >= 0.6 is 11.6 Å². The molecule has 3 nitrogen and oxygen atoms in total. The molecule has 12 heavy (non-hydrogen) atoms. The van der Waals surface area contributed by atoms with Gasteiger partial charge in [-0.15, -0.1) is 11.6 Å². The molecule has 4 heteroatoms. The summed E-state index contributed by atoms with van der Waals surface area (Å²) in [6.07, 6.45) is 0.530. The molecule has 0 aliphatic carbocycles. The Bertz CT molecular complexity index is 157. The number of aliphatic hydroxyl groups is 1. The summed E-state index contributed by atoms with van der Waals surface area (Å²) in [4.78, 5) is 11.1. The van der Waals surface area contributed by atoms with Crippen LogP contribution in [0.15, 0.2) is 0 Å². The summed E-state index contributed by atoms with van der Waals surface area (Å²) in [7, 11) is 0. The van der Waals surface area contributed by atoms with Crippen molar-refractivity contribution in [2.75, 3.05) is 6.61 Å². The van der Waals surface area contributed by atoms with Crippen molar-refractivity contribution < 1.29 is 9.90 Å². The van der Waals surface area contributed by atoms with E-state index in [-0.39, 0.29) is 18.1 Å². The van der Waals surface area contributed by atoms with Crippen molar-refractivity contribution in [1.29, 1.82) is 0 Å². The fourth-order valence-electron chi connectivity index (χ4n) is 0.775. The molecular formula is C8H16ClNO2. The fraction of sp³-hybridized carbons (Fsp3) is 0.875. The molecule has 0 rings (SSSR count). The van der Waals surface area contributed by atoms with Crippen LogP contribution in [0.2, 0.25) is 0 Å². The van der Waals surface area contributed by atoms with E-state index in [1.165, 1.54) is 0 Å². The largest absolute Gasteiger partial charge is 0.396 e. The first-order valence-corrected chi connectivity index (χ1v) is 4.39. The van der Waals surface area contributed by atoms with Crippen LogP contribution in [-0.2, 0) is 4.79 Å². The van der Waals surface area contributed by atoms with Gasteiger partial charge in [0.25, 0.3) is 0 Å². The standard InChI is InChI=1S/C8H16ClNO2/c1-6(9)7(12)10-8(2,3)4-5-11/h6,11H,4-5H2,1-3H3,(H,10,12). The summed E-state index contributed by atoms with van der Waals surface area (Å²) >= 11 is 5.56. The molecule has 0 aromatic rings. The zero-order chi connectivity index (χ0) is 9.78. The van der Waals surface area contributed by atoms with E-state index in [1.54, 1.807) is 6.92 Å². The first-order valence-electron chi connectivity index (χ1n) is 3.96. The Morgan fingerprint density at radius 1 is 1.67 bits per heavy atom. The highest BCUT2D eigenvalue weighted by atomic mass is 35.5. The summed E-state index contributed by atoms with van der Waals surface area (Å²) in [6.45, 7) is 5.37. The molecule has 0 aliphatic heterocycles. The molecule has 0 aliphatic rings. The van der Waals surface area contributed by atoms with Gasteiger partial charge >= 0.3 is 0 Å². The van der Waals surface area contributed by atoms with Crippen LogP contribution in [0.4, 0.5) is 0 Å². The van der Waals surface area contributed by atoms with Crippen LogP contribution in [0.1, 0.15) is 27.2 Å². The highest BCUT2D eigenvalue weighted by Crippen LogP contribution is 2.08. The number of hydrogen-bond donors (Lipinski definition) is 2. The first-order chi connectivity index (χ1) is 5.39. The molecule has 0 saturated heterocycles. The van der Waals surface area contributed by atoms with E-state index in [2.05, 4.69) is 5.32 Å². The zero-order valence-electron chi connectivity index (χ0n) is 7.72. The van der Waals surface area contributed by atoms with Crippen LogP contribution < -0.4 is 5.32 Å². The molecule has 0 spiro atoms. The average molecular weight is 194 g/mol. The lowest BCUT2D eigenvalue weighted by Gasteiger charge is -2.25. The predicted molar refractivity (Wildman–Crippen MR) is 49.2 cm³/mol. The van der Waals surface area contributed by atoms with E-state index in [0.717, 1.165) is 0 Å². The van der Waals surface area contributed by atoms with Crippen molar-refractivity contribution in [3.8, 4) is 0 Å². The van der Waals surface area contributed by atoms with Gasteiger partial charge in [-0.1, -0.05) is 0 Å². The molecule has 72 valence electrons. The van der Waals surface area contributed by atoms with Gasteiger partial charge in [-0.2, -0.15) is 0 Å². The molecule has 0 radical (unpaired) electrons. The van der Waals surface area contributed by atoms with E-state index in [0.29, 0.717) is 6.42 Å². The Kier molecular flexibility index (Phi) is 4.57. The maximum absolute atomic E-state index is 11.1. The quantitative estimate of drug-likeness (QED) is 0.652. The van der Waals surface area contributed by atoms with Gasteiger partial charge in [-0.25, -0.2) is 0 Å². The van der Waals surface area contributed by atoms with Crippen LogP contribution in [0.25, 0.3) is 0 Å². The SMILES string of the molecule is CC(Cl)C(=O)NC(C)(C)CCO. The number of alkyl halides is 1. The summed E-state index contributed by atoms with van der Waals surface area (Å²) < 4.78 is 0. The number of amides is 1. The number of carbonyl (C=O) groups excluding carboxylic acids is 1. The Labute approximate surface area is 78.1 Å². The molecule has 0 bridgehead atoms. The molecule has 0 fully saturated rings. The lowest BCUT2D eigenvalue weighted by atomic mass is 10.0. The maximum Gasteiger partial charge on any atom is 0.238 e. The minimum atomic E-state index is -0.525. The molecule has 0 heterocycles. The minimum absolute atomic E-state index is 0.0595. The Hall–Kier alpha value is -0.280. The van der Waals surface area contributed by atoms with E-state index >= 15 is 0 Å². The van der Waals surface area contributed by atoms with Gasteiger partial charge in [-0.05, 0) is 27.2 Å². The predicted octanol–water partition coefficient (Wildman–Crippen LogP) is 0.891. The number of hydrogen-bond acceptors (Lipinski definition) is 2. The molecule has 1 atom stereocenters. The Balaban J connectivity index is 3.96. The molecule has 0 aromatic heterocycles. The number of rotatable bonds is 4. The van der Waals surface area contributed by atoms with Gasteiger partial charge in [0.2, 0.25) is 5.91 Å². The summed E-state index contributed by atoms with van der Waals surface area (Å²) in [5.74, 6) is -0.199. The molecule has 0 saturated carbocycles. The minimum Gasteiger partial charge on any atom is -0.396 e. The van der Waals surface area contributed by atoms with E-state index in [4.69, 9.17) is 16.7 Å². The smallest absolute Gasteiger partial charge is 0.238 e. The van der Waals surface area contributed by atoms with Crippen molar-refractivity contribution >= 4 is 17.5 Å². The number of carbonyl (C=O) groups is 1. The second-order valence-corrected chi connectivity index (χ2v) is 4.12. The second kappa shape index (κ2) is 4.67. The van der Waals surface area contributed by atoms with E-state index in [1.807, 2.05) is 13.8 Å². The zero-order valence-corrected chi connectivity index (χ0v) is 8.48. The molecule has 1 unspecified atom stereocenters. The van der Waals surface area contributed by atoms with Crippen LogP contribution in [-0.4, -0.2) is 28.5 Å². The highest BCUT2D eigenvalue weighted by molar-refractivity contribution is 6.30. The fourth-order valence-corrected chi connectivity index (χ4v) is 0.830. The number of aliphatic hydroxyl groups excluding tert-OH is 1. The lowest BCUT2D eigenvalue weighted by Crippen LogP contribution is -2.46. The van der Waals surface area contributed by atoms with E-state index in [9.17, 15) is 4.79 Å². The third-order valence-electron chi connectivity index (χ3n) is 1.56. The normalized spacial score (nSPS) is 14.1. The average Bonchev–Trinajstić information content (AvgIpc) is 1.85. The van der Waals surface area contributed by atoms with Gasteiger partial charge < -0.3 is 10.4 Å². The second-order valence-electron chi connectivity index (χ2n) is 3.46. The topological polar surface area (TPSA) is 49.3 Å². The van der Waals surface area contributed by atoms with Gasteiger partial charge in [0.15, 0.2) is 0 Å². The summed E-state index contributed by atoms with van der Waals surface area (Å²) in [5, 5.41) is 10.9. The summed E-state index contributed by atoms with van der Waals surface area (Å²) in [6, 6.07) is 0. The van der Waals surface area contributed by atoms with Crippen molar-refractivity contribution in [3.05, 3.63) is 0 Å². The van der Waals surface area contributed by atoms with Crippen molar-refractivity contribution in [2.45, 2.75) is 38.1 Å². The van der Waals surface area contributed by atoms with Crippen molar-refractivity contribution in [2.24, 2.45) is 0 Å². The van der Waals surface area contributed by atoms with Gasteiger partial charge in [0.05, 0.1) is 0 Å². The maximum atomic E-state index is 11.1. The van der Waals surface area contributed by atoms with Crippen molar-refractivity contribution in [3.63, 3.8) is 0 Å². The first kappa shape index (κ1) is 11.7. The van der Waals surface area contributed by atoms with Crippen LogP contribution in [0, 0.1) is 0 Å². The van der Waals surface area contributed by atoms with Gasteiger partial charge in [0, 0.05) is 12.1 Å². The third kappa shape index (κ3) is 4.57. The Morgan fingerprint density at radius 3 is 2.50 bits per heavy atom. The molecule has 1 amide bonds. The third-order valence-corrected chi connectivity index (χ3v) is 1.76. The van der Waals surface area contributed by atoms with Crippen LogP contribution in [0.3, 0.4) is 0 Å². The summed E-state index contributed by atoms with van der Waals surface area (Å²) in [5.41, 5.74) is -0.380.